The second kappa shape index (κ2) is 14.0. The molecule has 1 fully saturated rings. The average molecular weight is 608 g/mol. The summed E-state index contributed by atoms with van der Waals surface area (Å²) in [4.78, 5) is 17.3. The van der Waals surface area contributed by atoms with Crippen molar-refractivity contribution in [1.29, 1.82) is 0 Å². The van der Waals surface area contributed by atoms with Gasteiger partial charge in [-0.1, -0.05) is 60.5 Å². The van der Waals surface area contributed by atoms with Gasteiger partial charge < -0.3 is 9.64 Å². The molecule has 230 valence electrons. The second-order valence-corrected chi connectivity index (χ2v) is 13.8. The maximum absolute atomic E-state index is 14.7. The first-order valence-electron chi connectivity index (χ1n) is 15.2. The molecule has 0 radical (unpaired) electrons. The molecular formula is C34H42FN3O4S. The van der Waals surface area contributed by atoms with Crippen molar-refractivity contribution in [3.63, 3.8) is 0 Å². The zero-order valence-electron chi connectivity index (χ0n) is 24.9. The first-order valence-corrected chi connectivity index (χ1v) is 16.7. The van der Waals surface area contributed by atoms with Crippen molar-refractivity contribution in [1.82, 2.24) is 14.5 Å². The molecule has 0 aliphatic carbocycles. The third-order valence-electron chi connectivity index (χ3n) is 8.87. The van der Waals surface area contributed by atoms with Crippen LogP contribution in [0, 0.1) is 18.2 Å². The number of hydrogen-bond acceptors (Lipinski definition) is 5. The van der Waals surface area contributed by atoms with Gasteiger partial charge in [-0.2, -0.15) is 0 Å². The third kappa shape index (κ3) is 8.22. The SMILES string of the molecule is Cc1ccc(S(=O)(=O)NCC(=O)N2CCC3(CCCCc4ccccc4OCCN(Cc4ccccc4F)C3)CC2)cc1. The summed E-state index contributed by atoms with van der Waals surface area (Å²) in [5.41, 5.74) is 2.82. The highest BCUT2D eigenvalue weighted by Crippen LogP contribution is 2.39. The van der Waals surface area contributed by atoms with Crippen LogP contribution in [0.4, 0.5) is 4.39 Å². The zero-order valence-corrected chi connectivity index (χ0v) is 25.8. The summed E-state index contributed by atoms with van der Waals surface area (Å²) in [5.74, 6) is 0.503. The molecule has 0 aromatic heterocycles. The number of amides is 1. The quantitative estimate of drug-likeness (QED) is 0.410. The molecule has 3 aromatic carbocycles. The lowest BCUT2D eigenvalue weighted by Crippen LogP contribution is -2.50. The molecule has 1 spiro atoms. The largest absolute Gasteiger partial charge is 0.492 e. The third-order valence-corrected chi connectivity index (χ3v) is 10.3. The number of halogens is 1. The van der Waals surface area contributed by atoms with Crippen LogP contribution in [0.1, 0.15) is 48.8 Å². The van der Waals surface area contributed by atoms with E-state index in [1.165, 1.54) is 11.6 Å². The van der Waals surface area contributed by atoms with Crippen molar-refractivity contribution in [2.45, 2.75) is 56.9 Å². The average Bonchev–Trinajstić information content (AvgIpc) is 3.00. The highest BCUT2D eigenvalue weighted by molar-refractivity contribution is 7.89. The monoisotopic (exact) mass is 607 g/mol. The minimum absolute atomic E-state index is 0.0256. The fourth-order valence-electron chi connectivity index (χ4n) is 6.29. The molecular weight excluding hydrogens is 565 g/mol. The molecule has 9 heteroatoms. The second-order valence-electron chi connectivity index (χ2n) is 12.0. The van der Waals surface area contributed by atoms with Gasteiger partial charge in [-0.15, -0.1) is 0 Å². The lowest BCUT2D eigenvalue weighted by molar-refractivity contribution is -0.132. The Hall–Kier alpha value is -3.27. The van der Waals surface area contributed by atoms with Crippen molar-refractivity contribution < 1.29 is 22.3 Å². The van der Waals surface area contributed by atoms with E-state index in [0.717, 1.165) is 56.4 Å². The van der Waals surface area contributed by atoms with E-state index in [4.69, 9.17) is 4.74 Å². The van der Waals surface area contributed by atoms with E-state index in [1.807, 2.05) is 37.3 Å². The molecule has 2 aliphatic heterocycles. The number of carbonyl (C=O) groups is 1. The Labute approximate surface area is 255 Å². The molecule has 0 bridgehead atoms. The van der Waals surface area contributed by atoms with E-state index in [9.17, 15) is 17.6 Å². The molecule has 0 unspecified atom stereocenters. The van der Waals surface area contributed by atoms with Gasteiger partial charge in [-0.3, -0.25) is 9.69 Å². The number of nitrogens with one attached hydrogen (secondary N) is 1. The molecule has 5 rings (SSSR count). The van der Waals surface area contributed by atoms with Crippen LogP contribution in [0.25, 0.3) is 0 Å². The molecule has 0 atom stereocenters. The van der Waals surface area contributed by atoms with Crippen molar-refractivity contribution >= 4 is 15.9 Å². The fourth-order valence-corrected chi connectivity index (χ4v) is 7.27. The summed E-state index contributed by atoms with van der Waals surface area (Å²) in [5, 5.41) is 0. The number of hydrogen-bond donors (Lipinski definition) is 1. The number of ether oxygens (including phenoxy) is 1. The molecule has 1 N–H and O–H groups in total. The smallest absolute Gasteiger partial charge is 0.241 e. The van der Waals surface area contributed by atoms with Gasteiger partial charge in [0.1, 0.15) is 18.2 Å². The molecule has 3 aromatic rings. The van der Waals surface area contributed by atoms with Gasteiger partial charge >= 0.3 is 0 Å². The van der Waals surface area contributed by atoms with E-state index in [1.54, 1.807) is 35.2 Å². The number of likely N-dealkylation sites (tertiary alicyclic amines) is 1. The molecule has 7 nitrogen and oxygen atoms in total. The summed E-state index contributed by atoms with van der Waals surface area (Å²) in [7, 11) is -3.77. The number of benzene rings is 3. The topological polar surface area (TPSA) is 79.0 Å². The minimum atomic E-state index is -3.77. The highest BCUT2D eigenvalue weighted by atomic mass is 32.2. The van der Waals surface area contributed by atoms with Crippen LogP contribution in [-0.2, 0) is 27.8 Å². The van der Waals surface area contributed by atoms with Crippen molar-refractivity contribution in [3.05, 3.63) is 95.3 Å². The van der Waals surface area contributed by atoms with E-state index in [-0.39, 0.29) is 28.6 Å². The van der Waals surface area contributed by atoms with Crippen LogP contribution in [0.5, 0.6) is 5.75 Å². The fraction of sp³-hybridized carbons (Fsp3) is 0.441. The lowest BCUT2D eigenvalue weighted by Gasteiger charge is -2.45. The Morgan fingerprint density at radius 1 is 0.930 bits per heavy atom. The van der Waals surface area contributed by atoms with Gasteiger partial charge in [-0.25, -0.2) is 17.5 Å². The van der Waals surface area contributed by atoms with Gasteiger partial charge in [-0.05, 0) is 74.3 Å². The van der Waals surface area contributed by atoms with Gasteiger partial charge in [0.25, 0.3) is 0 Å². The lowest BCUT2D eigenvalue weighted by atomic mass is 9.73. The Bertz CT molecular complexity index is 1490. The number of para-hydroxylation sites is 1. The Balaban J connectivity index is 1.26. The molecule has 2 heterocycles. The number of piperidine rings is 1. The molecule has 1 amide bonds. The van der Waals surface area contributed by atoms with Gasteiger partial charge in [0.2, 0.25) is 15.9 Å². The maximum atomic E-state index is 14.7. The first-order chi connectivity index (χ1) is 20.7. The molecule has 43 heavy (non-hydrogen) atoms. The highest BCUT2D eigenvalue weighted by Gasteiger charge is 2.37. The van der Waals surface area contributed by atoms with Crippen molar-refractivity contribution in [3.8, 4) is 5.75 Å². The Kier molecular flexibility index (Phi) is 10.2. The number of fused-ring (bicyclic) bond motifs is 1. The molecule has 0 saturated carbocycles. The van der Waals surface area contributed by atoms with Crippen molar-refractivity contribution in [2.75, 3.05) is 39.3 Å². The van der Waals surface area contributed by atoms with Gasteiger partial charge in [0, 0.05) is 38.3 Å². The van der Waals surface area contributed by atoms with Gasteiger partial charge in [0.15, 0.2) is 0 Å². The van der Waals surface area contributed by atoms with E-state index in [2.05, 4.69) is 15.7 Å². The summed E-state index contributed by atoms with van der Waals surface area (Å²) in [6.07, 6.45) is 5.69. The van der Waals surface area contributed by atoms with Crippen LogP contribution < -0.4 is 9.46 Å². The van der Waals surface area contributed by atoms with Crippen LogP contribution in [0.2, 0.25) is 0 Å². The predicted molar refractivity (Wildman–Crippen MR) is 166 cm³/mol. The van der Waals surface area contributed by atoms with E-state index < -0.39 is 10.0 Å². The number of nitrogens with zero attached hydrogens (tertiary/aromatic N) is 2. The van der Waals surface area contributed by atoms with Gasteiger partial charge in [0.05, 0.1) is 11.4 Å². The number of sulfonamides is 1. The molecule has 2 aliphatic rings. The van der Waals surface area contributed by atoms with Crippen LogP contribution in [-0.4, -0.2) is 63.5 Å². The number of rotatable bonds is 6. The predicted octanol–water partition coefficient (Wildman–Crippen LogP) is 5.33. The zero-order chi connectivity index (χ0) is 30.3. The Morgan fingerprint density at radius 2 is 1.65 bits per heavy atom. The van der Waals surface area contributed by atoms with Crippen LogP contribution >= 0.6 is 0 Å². The molecule has 1 saturated heterocycles. The van der Waals surface area contributed by atoms with E-state index >= 15 is 0 Å². The standard InChI is InChI=1S/C34H42FN3O4S/c1-27-13-15-30(16-14-27)43(40,41)36-24-33(39)38-20-18-34(19-21-38)17-7-6-9-28-8-3-5-12-32(28)42-23-22-37(26-34)25-29-10-2-4-11-31(29)35/h2-5,8,10-16,36H,6-7,9,17-26H2,1H3. The maximum Gasteiger partial charge on any atom is 0.241 e. The summed E-state index contributed by atoms with van der Waals surface area (Å²) < 4.78 is 48.8. The number of aryl methyl sites for hydroxylation is 2. The Morgan fingerprint density at radius 3 is 2.42 bits per heavy atom. The van der Waals surface area contributed by atoms with Crippen LogP contribution in [0.15, 0.2) is 77.7 Å². The summed E-state index contributed by atoms with van der Waals surface area (Å²) in [6, 6.07) is 21.7. The normalized spacial score (nSPS) is 18.2. The van der Waals surface area contributed by atoms with Crippen LogP contribution in [0.3, 0.4) is 0 Å². The summed E-state index contributed by atoms with van der Waals surface area (Å²) >= 11 is 0. The minimum Gasteiger partial charge on any atom is -0.492 e. The summed E-state index contributed by atoms with van der Waals surface area (Å²) in [6.45, 7) is 5.21. The van der Waals surface area contributed by atoms with E-state index in [0.29, 0.717) is 38.3 Å². The number of carbonyl (C=O) groups excluding carboxylic acids is 1. The van der Waals surface area contributed by atoms with Crippen molar-refractivity contribution in [2.24, 2.45) is 5.41 Å². The first kappa shape index (κ1) is 31.2.